The van der Waals surface area contributed by atoms with Crippen molar-refractivity contribution in [3.8, 4) is 0 Å². The zero-order valence-corrected chi connectivity index (χ0v) is 16.8. The van der Waals surface area contributed by atoms with Gasteiger partial charge in [-0.3, -0.25) is 4.79 Å². The van der Waals surface area contributed by atoms with Crippen LogP contribution in [0.4, 0.5) is 0 Å². The Morgan fingerprint density at radius 3 is 2.85 bits per heavy atom. The average Bonchev–Trinajstić information content (AvgIpc) is 3.03. The van der Waals surface area contributed by atoms with Crippen LogP contribution < -0.4 is 10.0 Å². The minimum absolute atomic E-state index is 0.0366. The van der Waals surface area contributed by atoms with Crippen molar-refractivity contribution in [2.24, 2.45) is 0 Å². The molecule has 7 nitrogen and oxygen atoms in total. The maximum absolute atomic E-state index is 12.7. The summed E-state index contributed by atoms with van der Waals surface area (Å²) >= 11 is 0. The second-order valence-electron chi connectivity index (χ2n) is 7.42. The van der Waals surface area contributed by atoms with Gasteiger partial charge in [0.15, 0.2) is 0 Å². The van der Waals surface area contributed by atoms with Gasteiger partial charge >= 0.3 is 0 Å². The molecule has 1 aliphatic carbocycles. The number of pyridine rings is 1. The Morgan fingerprint density at radius 2 is 2.07 bits per heavy atom. The van der Waals surface area contributed by atoms with Gasteiger partial charge in [0, 0.05) is 18.3 Å². The fourth-order valence-corrected chi connectivity index (χ4v) is 5.11. The molecule has 2 heterocycles. The van der Waals surface area contributed by atoms with Crippen LogP contribution in [0.15, 0.2) is 24.5 Å². The molecule has 2 aromatic rings. The van der Waals surface area contributed by atoms with Gasteiger partial charge in [-0.05, 0) is 50.7 Å². The molecule has 0 aliphatic heterocycles. The van der Waals surface area contributed by atoms with E-state index in [-0.39, 0.29) is 23.7 Å². The Morgan fingerprint density at radius 1 is 1.30 bits per heavy atom. The molecule has 2 atom stereocenters. The summed E-state index contributed by atoms with van der Waals surface area (Å²) in [7, 11) is -3.25. The largest absolute Gasteiger partial charge is 0.349 e. The number of rotatable bonds is 7. The van der Waals surface area contributed by atoms with E-state index in [0.717, 1.165) is 36.8 Å². The normalized spacial score (nSPS) is 20.7. The summed E-state index contributed by atoms with van der Waals surface area (Å²) in [4.78, 5) is 12.7. The number of hydrogen-bond acceptors (Lipinski definition) is 4. The zero-order valence-electron chi connectivity index (χ0n) is 15.9. The van der Waals surface area contributed by atoms with Crippen LogP contribution in [-0.4, -0.2) is 41.8 Å². The summed E-state index contributed by atoms with van der Waals surface area (Å²) in [6.45, 7) is 3.95. The second-order valence-corrected chi connectivity index (χ2v) is 9.29. The van der Waals surface area contributed by atoms with Crippen LogP contribution >= 0.6 is 0 Å². The first kappa shape index (κ1) is 19.8. The van der Waals surface area contributed by atoms with Crippen LogP contribution in [-0.2, 0) is 10.0 Å². The van der Waals surface area contributed by atoms with Crippen molar-refractivity contribution < 1.29 is 13.2 Å². The molecule has 1 fully saturated rings. The van der Waals surface area contributed by atoms with Gasteiger partial charge in [0.05, 0.1) is 23.0 Å². The van der Waals surface area contributed by atoms with Crippen LogP contribution in [0.3, 0.4) is 0 Å². The third-order valence-corrected chi connectivity index (χ3v) is 6.55. The summed E-state index contributed by atoms with van der Waals surface area (Å²) in [6, 6.07) is 3.70. The van der Waals surface area contributed by atoms with Crippen molar-refractivity contribution in [2.45, 2.75) is 64.5 Å². The highest BCUT2D eigenvalue weighted by Crippen LogP contribution is 2.21. The lowest BCUT2D eigenvalue weighted by Gasteiger charge is -2.30. The summed E-state index contributed by atoms with van der Waals surface area (Å²) < 4.78 is 28.8. The molecule has 148 valence electrons. The van der Waals surface area contributed by atoms with Gasteiger partial charge < -0.3 is 5.32 Å². The van der Waals surface area contributed by atoms with Crippen molar-refractivity contribution in [1.29, 1.82) is 0 Å². The van der Waals surface area contributed by atoms with E-state index < -0.39 is 10.0 Å². The molecule has 0 unspecified atom stereocenters. The molecule has 0 spiro atoms. The first-order chi connectivity index (χ1) is 12.9. The van der Waals surface area contributed by atoms with Gasteiger partial charge in [0.25, 0.3) is 5.91 Å². The van der Waals surface area contributed by atoms with Gasteiger partial charge in [-0.15, -0.1) is 0 Å². The van der Waals surface area contributed by atoms with Gasteiger partial charge in [-0.25, -0.2) is 17.7 Å². The van der Waals surface area contributed by atoms with E-state index in [4.69, 9.17) is 0 Å². The molecule has 1 aliphatic rings. The number of carbonyl (C=O) groups excluding carboxylic acids is 1. The number of sulfonamides is 1. The van der Waals surface area contributed by atoms with Crippen LogP contribution in [0.2, 0.25) is 0 Å². The van der Waals surface area contributed by atoms with Gasteiger partial charge in [-0.2, -0.15) is 5.10 Å². The van der Waals surface area contributed by atoms with Gasteiger partial charge in [0.2, 0.25) is 10.0 Å². The van der Waals surface area contributed by atoms with Crippen molar-refractivity contribution >= 4 is 21.4 Å². The van der Waals surface area contributed by atoms with Crippen LogP contribution in [0.25, 0.3) is 5.52 Å². The zero-order chi connectivity index (χ0) is 19.4. The second kappa shape index (κ2) is 8.39. The third-order valence-electron chi connectivity index (χ3n) is 5.03. The lowest BCUT2D eigenvalue weighted by atomic mass is 9.91. The highest BCUT2D eigenvalue weighted by Gasteiger charge is 2.27. The quantitative estimate of drug-likeness (QED) is 0.757. The Balaban J connectivity index is 1.62. The number of unbranched alkanes of at least 4 members (excludes halogenated alkanes) is 1. The fourth-order valence-electron chi connectivity index (χ4n) is 3.60. The number of hydrogen-bond donors (Lipinski definition) is 2. The minimum atomic E-state index is -3.25. The summed E-state index contributed by atoms with van der Waals surface area (Å²) in [5.74, 6) is 0.00657. The molecule has 0 saturated heterocycles. The predicted octanol–water partition coefficient (Wildman–Crippen LogP) is 2.40. The molecule has 8 heteroatoms. The number of carbonyl (C=O) groups is 1. The van der Waals surface area contributed by atoms with Crippen LogP contribution in [0, 0.1) is 6.92 Å². The first-order valence-electron chi connectivity index (χ1n) is 9.63. The van der Waals surface area contributed by atoms with Crippen LogP contribution in [0.5, 0.6) is 0 Å². The molecule has 0 aromatic carbocycles. The number of nitrogens with zero attached hydrogens (tertiary/aromatic N) is 2. The molecule has 27 heavy (non-hydrogen) atoms. The number of fused-ring (bicyclic) bond motifs is 1. The van der Waals surface area contributed by atoms with Gasteiger partial charge in [-0.1, -0.05) is 19.4 Å². The van der Waals surface area contributed by atoms with E-state index in [1.807, 2.05) is 32.2 Å². The van der Waals surface area contributed by atoms with E-state index in [1.54, 1.807) is 10.7 Å². The molecule has 1 saturated carbocycles. The summed E-state index contributed by atoms with van der Waals surface area (Å²) in [6.07, 6.45) is 8.16. The Labute approximate surface area is 160 Å². The predicted molar refractivity (Wildman–Crippen MR) is 105 cm³/mol. The molecule has 1 amide bonds. The Hall–Kier alpha value is -1.93. The van der Waals surface area contributed by atoms with Gasteiger partial charge in [0.1, 0.15) is 0 Å². The van der Waals surface area contributed by atoms with E-state index in [9.17, 15) is 13.2 Å². The standard InChI is InChI=1S/C19H28N4O3S/c1-3-4-10-27(25,26)22-16-7-5-6-15(11-16)21-19(24)17-12-20-23-13-14(2)8-9-18(17)23/h8-9,12-13,15-16,22H,3-7,10-11H2,1-2H3,(H,21,24)/t15-,16-/m1/s1. The lowest BCUT2D eigenvalue weighted by Crippen LogP contribution is -2.46. The third kappa shape index (κ3) is 5.07. The molecule has 2 aromatic heterocycles. The first-order valence-corrected chi connectivity index (χ1v) is 11.3. The van der Waals surface area contributed by atoms with E-state index >= 15 is 0 Å². The number of aromatic nitrogens is 2. The highest BCUT2D eigenvalue weighted by molar-refractivity contribution is 7.89. The van der Waals surface area contributed by atoms with E-state index in [0.29, 0.717) is 18.4 Å². The van der Waals surface area contributed by atoms with Crippen molar-refractivity contribution in [2.75, 3.05) is 5.75 Å². The fraction of sp³-hybridized carbons (Fsp3) is 0.579. The smallest absolute Gasteiger partial charge is 0.255 e. The van der Waals surface area contributed by atoms with Crippen molar-refractivity contribution in [1.82, 2.24) is 19.7 Å². The maximum Gasteiger partial charge on any atom is 0.255 e. The van der Waals surface area contributed by atoms with Crippen LogP contribution in [0.1, 0.15) is 61.4 Å². The summed E-state index contributed by atoms with van der Waals surface area (Å²) in [5.41, 5.74) is 2.38. The number of nitrogens with one attached hydrogen (secondary N) is 2. The van der Waals surface area contributed by atoms with Crippen molar-refractivity contribution in [3.63, 3.8) is 0 Å². The SMILES string of the molecule is CCCCS(=O)(=O)N[C@@H]1CCC[C@@H](NC(=O)c2cnn3cc(C)ccc23)C1. The monoisotopic (exact) mass is 392 g/mol. The topological polar surface area (TPSA) is 92.6 Å². The number of aryl methyl sites for hydroxylation is 1. The number of amides is 1. The Bertz CT molecular complexity index is 907. The average molecular weight is 393 g/mol. The molecule has 3 rings (SSSR count). The van der Waals surface area contributed by atoms with Crippen molar-refractivity contribution in [3.05, 3.63) is 35.7 Å². The molecule has 0 bridgehead atoms. The highest BCUT2D eigenvalue weighted by atomic mass is 32.2. The minimum Gasteiger partial charge on any atom is -0.349 e. The lowest BCUT2D eigenvalue weighted by molar-refractivity contribution is 0.0926. The molecule has 2 N–H and O–H groups in total. The Kier molecular flexibility index (Phi) is 6.16. The molecule has 0 radical (unpaired) electrons. The maximum atomic E-state index is 12.7. The molecular formula is C19H28N4O3S. The molecular weight excluding hydrogens is 364 g/mol. The van der Waals surface area contributed by atoms with E-state index in [1.165, 1.54) is 0 Å². The summed E-state index contributed by atoms with van der Waals surface area (Å²) in [5, 5.41) is 7.31. The van der Waals surface area contributed by atoms with E-state index in [2.05, 4.69) is 15.1 Å².